The van der Waals surface area contributed by atoms with E-state index in [9.17, 15) is 4.79 Å². The fourth-order valence-electron chi connectivity index (χ4n) is 3.44. The Morgan fingerprint density at radius 2 is 1.85 bits per heavy atom. The van der Waals surface area contributed by atoms with Gasteiger partial charge in [0.15, 0.2) is 0 Å². The molecule has 1 atom stereocenters. The Balaban J connectivity index is 1.51. The highest BCUT2D eigenvalue weighted by Gasteiger charge is 2.22. The molecule has 5 nitrogen and oxygen atoms in total. The topological polar surface area (TPSA) is 48.5 Å². The van der Waals surface area contributed by atoms with E-state index >= 15 is 0 Å². The minimum atomic E-state index is 0.0279. The van der Waals surface area contributed by atoms with Crippen LogP contribution in [0, 0.1) is 0 Å². The second kappa shape index (κ2) is 8.81. The van der Waals surface area contributed by atoms with Crippen molar-refractivity contribution in [2.75, 3.05) is 37.6 Å². The zero-order valence-electron chi connectivity index (χ0n) is 15.7. The van der Waals surface area contributed by atoms with Gasteiger partial charge in [-0.25, -0.2) is 4.98 Å². The van der Waals surface area contributed by atoms with Crippen LogP contribution in [0.15, 0.2) is 48.7 Å². The summed E-state index contributed by atoms with van der Waals surface area (Å²) in [5.41, 5.74) is 2.61. The van der Waals surface area contributed by atoms with Gasteiger partial charge in [0, 0.05) is 51.9 Å². The van der Waals surface area contributed by atoms with E-state index in [2.05, 4.69) is 57.4 Å². The minimum Gasteiger partial charge on any atom is -0.356 e. The third-order valence-corrected chi connectivity index (χ3v) is 5.09. The number of rotatable bonds is 6. The molecule has 1 aliphatic heterocycles. The Hall–Kier alpha value is -2.40. The van der Waals surface area contributed by atoms with E-state index in [4.69, 9.17) is 0 Å². The lowest BCUT2D eigenvalue weighted by Crippen LogP contribution is -2.47. The van der Waals surface area contributed by atoms with Gasteiger partial charge in [-0.05, 0) is 36.6 Å². The van der Waals surface area contributed by atoms with Gasteiger partial charge in [-0.3, -0.25) is 9.69 Å². The van der Waals surface area contributed by atoms with E-state index in [0.29, 0.717) is 12.6 Å². The van der Waals surface area contributed by atoms with Crippen LogP contribution in [-0.4, -0.2) is 48.5 Å². The third kappa shape index (κ3) is 4.82. The smallest absolute Gasteiger partial charge is 0.216 e. The summed E-state index contributed by atoms with van der Waals surface area (Å²) in [5, 5.41) is 2.84. The molecule has 26 heavy (non-hydrogen) atoms. The lowest BCUT2D eigenvalue weighted by molar-refractivity contribution is -0.118. The first-order valence-corrected chi connectivity index (χ1v) is 9.37. The molecule has 1 amide bonds. The zero-order valence-corrected chi connectivity index (χ0v) is 15.7. The van der Waals surface area contributed by atoms with Gasteiger partial charge in [0.1, 0.15) is 5.82 Å². The van der Waals surface area contributed by atoms with E-state index in [0.717, 1.165) is 38.4 Å². The van der Waals surface area contributed by atoms with Crippen LogP contribution in [0.25, 0.3) is 0 Å². The summed E-state index contributed by atoms with van der Waals surface area (Å²) in [5.74, 6) is 1.10. The van der Waals surface area contributed by atoms with Crippen molar-refractivity contribution in [1.29, 1.82) is 0 Å². The molecule has 0 aliphatic carbocycles. The van der Waals surface area contributed by atoms with Crippen molar-refractivity contribution < 1.29 is 4.79 Å². The standard InChI is InChI=1S/C21H28N4O/c1-17(20-8-6-19(7-9-20)10-12-22-18(2)26)24-13-15-25(16-14-24)21-5-3-4-11-23-21/h3-9,11,17H,10,12-16H2,1-2H3,(H,22,26). The van der Waals surface area contributed by atoms with E-state index in [1.807, 2.05) is 18.3 Å². The number of pyridine rings is 1. The van der Waals surface area contributed by atoms with Gasteiger partial charge in [-0.2, -0.15) is 0 Å². The average Bonchev–Trinajstić information content (AvgIpc) is 2.68. The van der Waals surface area contributed by atoms with Crippen LogP contribution < -0.4 is 10.2 Å². The SMILES string of the molecule is CC(=O)NCCc1ccc(C(C)N2CCN(c3ccccn3)CC2)cc1. The van der Waals surface area contributed by atoms with E-state index < -0.39 is 0 Å². The number of nitrogens with zero attached hydrogens (tertiary/aromatic N) is 3. The number of carbonyl (C=O) groups is 1. The molecule has 1 fully saturated rings. The molecular formula is C21H28N4O. The number of carbonyl (C=O) groups excluding carboxylic acids is 1. The lowest BCUT2D eigenvalue weighted by atomic mass is 10.0. The second-order valence-electron chi connectivity index (χ2n) is 6.86. The van der Waals surface area contributed by atoms with Crippen molar-refractivity contribution in [3.8, 4) is 0 Å². The third-order valence-electron chi connectivity index (χ3n) is 5.09. The molecule has 0 saturated carbocycles. The van der Waals surface area contributed by atoms with Gasteiger partial charge in [0.2, 0.25) is 5.91 Å². The normalized spacial score (nSPS) is 16.3. The fraction of sp³-hybridized carbons (Fsp3) is 0.429. The summed E-state index contributed by atoms with van der Waals surface area (Å²) in [4.78, 5) is 20.3. The predicted octanol–water partition coefficient (Wildman–Crippen LogP) is 2.64. The Labute approximate surface area is 156 Å². The number of piperazine rings is 1. The highest BCUT2D eigenvalue weighted by atomic mass is 16.1. The minimum absolute atomic E-state index is 0.0279. The Kier molecular flexibility index (Phi) is 6.23. The number of anilines is 1. The molecule has 0 bridgehead atoms. The average molecular weight is 352 g/mol. The molecule has 138 valence electrons. The molecule has 0 spiro atoms. The van der Waals surface area contributed by atoms with Crippen LogP contribution in [0.4, 0.5) is 5.82 Å². The number of aromatic nitrogens is 1. The monoisotopic (exact) mass is 352 g/mol. The van der Waals surface area contributed by atoms with E-state index in [1.54, 1.807) is 6.92 Å². The molecule has 2 aromatic rings. The van der Waals surface area contributed by atoms with Gasteiger partial charge in [-0.1, -0.05) is 30.3 Å². The molecular weight excluding hydrogens is 324 g/mol. The molecule has 1 saturated heterocycles. The maximum Gasteiger partial charge on any atom is 0.216 e. The first-order valence-electron chi connectivity index (χ1n) is 9.37. The summed E-state index contributed by atoms with van der Waals surface area (Å²) in [7, 11) is 0. The number of hydrogen-bond acceptors (Lipinski definition) is 4. The summed E-state index contributed by atoms with van der Waals surface area (Å²) < 4.78 is 0. The van der Waals surface area contributed by atoms with Gasteiger partial charge in [0.25, 0.3) is 0 Å². The van der Waals surface area contributed by atoms with Crippen LogP contribution in [0.2, 0.25) is 0 Å². The van der Waals surface area contributed by atoms with Crippen molar-refractivity contribution in [1.82, 2.24) is 15.2 Å². The number of hydrogen-bond donors (Lipinski definition) is 1. The van der Waals surface area contributed by atoms with Crippen molar-refractivity contribution in [2.45, 2.75) is 26.3 Å². The van der Waals surface area contributed by atoms with Crippen LogP contribution in [-0.2, 0) is 11.2 Å². The molecule has 1 aromatic carbocycles. The quantitative estimate of drug-likeness (QED) is 0.868. The van der Waals surface area contributed by atoms with Crippen molar-refractivity contribution in [2.24, 2.45) is 0 Å². The van der Waals surface area contributed by atoms with Gasteiger partial charge < -0.3 is 10.2 Å². The molecule has 2 heterocycles. The molecule has 1 aliphatic rings. The van der Waals surface area contributed by atoms with Crippen LogP contribution >= 0.6 is 0 Å². The molecule has 3 rings (SSSR count). The summed E-state index contributed by atoms with van der Waals surface area (Å²) in [6.45, 7) is 8.64. The zero-order chi connectivity index (χ0) is 18.4. The summed E-state index contributed by atoms with van der Waals surface area (Å²) >= 11 is 0. The lowest BCUT2D eigenvalue weighted by Gasteiger charge is -2.38. The summed E-state index contributed by atoms with van der Waals surface area (Å²) in [6, 6.07) is 15.3. The van der Waals surface area contributed by atoms with E-state index in [1.165, 1.54) is 11.1 Å². The van der Waals surface area contributed by atoms with Gasteiger partial charge >= 0.3 is 0 Å². The Bertz CT molecular complexity index is 694. The van der Waals surface area contributed by atoms with Crippen molar-refractivity contribution >= 4 is 11.7 Å². The molecule has 1 aromatic heterocycles. The maximum absolute atomic E-state index is 10.9. The van der Waals surface area contributed by atoms with Crippen molar-refractivity contribution in [3.63, 3.8) is 0 Å². The van der Waals surface area contributed by atoms with Gasteiger partial charge in [-0.15, -0.1) is 0 Å². The second-order valence-corrected chi connectivity index (χ2v) is 6.86. The largest absolute Gasteiger partial charge is 0.356 e. The molecule has 0 radical (unpaired) electrons. The van der Waals surface area contributed by atoms with Crippen LogP contribution in [0.3, 0.4) is 0 Å². The van der Waals surface area contributed by atoms with E-state index in [-0.39, 0.29) is 5.91 Å². The fourth-order valence-corrected chi connectivity index (χ4v) is 3.44. The Morgan fingerprint density at radius 1 is 1.12 bits per heavy atom. The number of benzene rings is 1. The number of amides is 1. The van der Waals surface area contributed by atoms with Gasteiger partial charge in [0.05, 0.1) is 0 Å². The summed E-state index contributed by atoms with van der Waals surface area (Å²) in [6.07, 6.45) is 2.73. The first kappa shape index (κ1) is 18.4. The maximum atomic E-state index is 10.9. The van der Waals surface area contributed by atoms with Crippen LogP contribution in [0.5, 0.6) is 0 Å². The Morgan fingerprint density at radius 3 is 2.46 bits per heavy atom. The molecule has 1 unspecified atom stereocenters. The predicted molar refractivity (Wildman–Crippen MR) is 105 cm³/mol. The highest BCUT2D eigenvalue weighted by molar-refractivity contribution is 5.72. The highest BCUT2D eigenvalue weighted by Crippen LogP contribution is 2.23. The number of nitrogens with one attached hydrogen (secondary N) is 1. The van der Waals surface area contributed by atoms with Crippen molar-refractivity contribution in [3.05, 3.63) is 59.8 Å². The molecule has 5 heteroatoms. The van der Waals surface area contributed by atoms with Crippen LogP contribution in [0.1, 0.15) is 31.0 Å². The first-order chi connectivity index (χ1) is 12.6. The molecule has 1 N–H and O–H groups in total.